The molecule has 1 aromatic carbocycles. The average molecular weight is 387 g/mol. The quantitative estimate of drug-likeness (QED) is 0.631. The van der Waals surface area contributed by atoms with Crippen LogP contribution in [0.1, 0.15) is 25.7 Å². The fraction of sp³-hybridized carbons (Fsp3) is 0.538. The zero-order valence-corrected chi connectivity index (χ0v) is 13.8. The molecule has 1 aromatic rings. The number of halogens is 4. The van der Waals surface area contributed by atoms with Crippen LogP contribution in [-0.4, -0.2) is 25.6 Å². The Morgan fingerprint density at radius 1 is 1.29 bits per heavy atom. The van der Waals surface area contributed by atoms with Crippen LogP contribution in [0.2, 0.25) is 5.02 Å². The van der Waals surface area contributed by atoms with Crippen molar-refractivity contribution in [2.24, 2.45) is 5.92 Å². The van der Waals surface area contributed by atoms with Gasteiger partial charge in [0.2, 0.25) is 10.0 Å². The molecule has 24 heavy (non-hydrogen) atoms. The second kappa shape index (κ2) is 6.85. The molecule has 0 spiro atoms. The third-order valence-electron chi connectivity index (χ3n) is 3.87. The maximum atomic E-state index is 12.8. The van der Waals surface area contributed by atoms with Gasteiger partial charge in [-0.1, -0.05) is 18.0 Å². The summed E-state index contributed by atoms with van der Waals surface area (Å²) in [6.07, 6.45) is -4.36. The summed E-state index contributed by atoms with van der Waals surface area (Å²) in [7, 11) is -4.34. The molecular weight excluding hydrogens is 373 g/mol. The first-order valence-electron chi connectivity index (χ1n) is 7.03. The van der Waals surface area contributed by atoms with Gasteiger partial charge in [-0.25, -0.2) is 13.1 Å². The number of nitro groups is 1. The lowest BCUT2D eigenvalue weighted by Gasteiger charge is -2.30. The normalized spacial score (nSPS) is 22.3. The van der Waals surface area contributed by atoms with Gasteiger partial charge in [0.05, 0.1) is 10.8 Å². The van der Waals surface area contributed by atoms with Gasteiger partial charge in [0.15, 0.2) is 4.90 Å². The number of nitrogens with one attached hydrogen (secondary N) is 1. The van der Waals surface area contributed by atoms with Crippen molar-refractivity contribution in [3.05, 3.63) is 33.3 Å². The van der Waals surface area contributed by atoms with Crippen molar-refractivity contribution in [2.45, 2.75) is 42.8 Å². The summed E-state index contributed by atoms with van der Waals surface area (Å²) >= 11 is 5.63. The minimum Gasteiger partial charge on any atom is -0.258 e. The van der Waals surface area contributed by atoms with E-state index in [1.807, 2.05) is 0 Å². The first kappa shape index (κ1) is 18.9. The summed E-state index contributed by atoms with van der Waals surface area (Å²) < 4.78 is 65.3. The van der Waals surface area contributed by atoms with Crippen molar-refractivity contribution in [1.82, 2.24) is 4.72 Å². The number of sulfonamides is 1. The molecule has 0 bridgehead atoms. The molecule has 2 atom stereocenters. The maximum absolute atomic E-state index is 12.8. The summed E-state index contributed by atoms with van der Waals surface area (Å²) in [5.74, 6) is -1.58. The SMILES string of the molecule is O=[N+]([O-])c1cc(Cl)ccc1S(=O)(=O)NC1CCCC(C(F)(F)F)C1. The lowest BCUT2D eigenvalue weighted by Crippen LogP contribution is -2.41. The van der Waals surface area contributed by atoms with E-state index in [0.717, 1.165) is 12.1 Å². The van der Waals surface area contributed by atoms with E-state index in [1.54, 1.807) is 0 Å². The molecule has 1 aliphatic rings. The fourth-order valence-corrected chi connectivity index (χ4v) is 4.34. The number of alkyl halides is 3. The largest absolute Gasteiger partial charge is 0.391 e. The molecule has 0 aliphatic heterocycles. The van der Waals surface area contributed by atoms with Crippen molar-refractivity contribution in [2.75, 3.05) is 0 Å². The molecule has 0 radical (unpaired) electrons. The van der Waals surface area contributed by atoms with Gasteiger partial charge in [0.1, 0.15) is 0 Å². The molecule has 6 nitrogen and oxygen atoms in total. The average Bonchev–Trinajstić information content (AvgIpc) is 2.45. The zero-order chi connectivity index (χ0) is 18.1. The Balaban J connectivity index is 2.25. The highest BCUT2D eigenvalue weighted by atomic mass is 35.5. The monoisotopic (exact) mass is 386 g/mol. The molecule has 2 unspecified atom stereocenters. The van der Waals surface area contributed by atoms with Gasteiger partial charge in [-0.15, -0.1) is 0 Å². The molecule has 1 fully saturated rings. The van der Waals surface area contributed by atoms with E-state index >= 15 is 0 Å². The van der Waals surface area contributed by atoms with Crippen molar-refractivity contribution in [1.29, 1.82) is 0 Å². The van der Waals surface area contributed by atoms with Gasteiger partial charge in [-0.2, -0.15) is 13.2 Å². The Morgan fingerprint density at radius 2 is 1.96 bits per heavy atom. The minimum atomic E-state index is -4.39. The van der Waals surface area contributed by atoms with E-state index in [2.05, 4.69) is 4.72 Å². The summed E-state index contributed by atoms with van der Waals surface area (Å²) in [5, 5.41) is 11.0. The molecule has 1 saturated carbocycles. The number of rotatable bonds is 4. The van der Waals surface area contributed by atoms with Gasteiger partial charge < -0.3 is 0 Å². The lowest BCUT2D eigenvalue weighted by molar-refractivity contribution is -0.387. The molecule has 0 amide bonds. The summed E-state index contributed by atoms with van der Waals surface area (Å²) in [4.78, 5) is 9.48. The van der Waals surface area contributed by atoms with Gasteiger partial charge in [-0.05, 0) is 31.4 Å². The van der Waals surface area contributed by atoms with E-state index < -0.39 is 43.7 Å². The van der Waals surface area contributed by atoms with E-state index in [1.165, 1.54) is 6.07 Å². The van der Waals surface area contributed by atoms with Crippen molar-refractivity contribution in [3.8, 4) is 0 Å². The van der Waals surface area contributed by atoms with Crippen LogP contribution in [0, 0.1) is 16.0 Å². The van der Waals surface area contributed by atoms with Crippen LogP contribution in [0.3, 0.4) is 0 Å². The molecule has 0 heterocycles. The molecule has 134 valence electrons. The van der Waals surface area contributed by atoms with Crippen LogP contribution in [0.15, 0.2) is 23.1 Å². The smallest absolute Gasteiger partial charge is 0.258 e. The fourth-order valence-electron chi connectivity index (χ4n) is 2.74. The van der Waals surface area contributed by atoms with Crippen LogP contribution < -0.4 is 4.72 Å². The van der Waals surface area contributed by atoms with Crippen molar-refractivity contribution < 1.29 is 26.5 Å². The first-order chi connectivity index (χ1) is 11.0. The highest BCUT2D eigenvalue weighted by Gasteiger charge is 2.43. The Hall–Kier alpha value is -1.39. The van der Waals surface area contributed by atoms with Crippen molar-refractivity contribution in [3.63, 3.8) is 0 Å². The third-order valence-corrected chi connectivity index (χ3v) is 5.67. The molecule has 11 heteroatoms. The van der Waals surface area contributed by atoms with Crippen molar-refractivity contribution >= 4 is 27.3 Å². The van der Waals surface area contributed by atoms with E-state index in [-0.39, 0.29) is 30.7 Å². The maximum Gasteiger partial charge on any atom is 0.391 e. The van der Waals surface area contributed by atoms with E-state index in [9.17, 15) is 31.7 Å². The number of hydrogen-bond donors (Lipinski definition) is 1. The number of nitrogens with zero attached hydrogens (tertiary/aromatic N) is 1. The summed E-state index contributed by atoms with van der Waals surface area (Å²) in [5.41, 5.74) is -0.724. The van der Waals surface area contributed by atoms with Crippen LogP contribution in [0.4, 0.5) is 18.9 Å². The Kier molecular flexibility index (Phi) is 5.41. The molecule has 1 N–H and O–H groups in total. The number of nitro benzene ring substituents is 1. The van der Waals surface area contributed by atoms with Gasteiger partial charge >= 0.3 is 6.18 Å². The number of hydrogen-bond acceptors (Lipinski definition) is 4. The lowest BCUT2D eigenvalue weighted by atomic mass is 9.86. The molecular formula is C13H14ClF3N2O4S. The standard InChI is InChI=1S/C13H14ClF3N2O4S/c14-9-4-5-12(11(7-9)19(20)21)24(22,23)18-10-3-1-2-8(6-10)13(15,16)17/h4-5,7-8,10,18H,1-3,6H2. The topological polar surface area (TPSA) is 89.3 Å². The predicted octanol–water partition coefficient (Wildman–Crippen LogP) is 3.65. The summed E-state index contributed by atoms with van der Waals surface area (Å²) in [6, 6.07) is 2.09. The number of benzene rings is 1. The summed E-state index contributed by atoms with van der Waals surface area (Å²) in [6.45, 7) is 0. The van der Waals surface area contributed by atoms with Crippen LogP contribution in [0.5, 0.6) is 0 Å². The molecule has 1 aliphatic carbocycles. The van der Waals surface area contributed by atoms with Gasteiger partial charge in [-0.3, -0.25) is 10.1 Å². The Morgan fingerprint density at radius 3 is 2.54 bits per heavy atom. The highest BCUT2D eigenvalue weighted by molar-refractivity contribution is 7.89. The minimum absolute atomic E-state index is 0.0181. The van der Waals surface area contributed by atoms with Crippen LogP contribution >= 0.6 is 11.6 Å². The zero-order valence-electron chi connectivity index (χ0n) is 12.2. The highest BCUT2D eigenvalue weighted by Crippen LogP contribution is 2.38. The second-order valence-corrected chi connectivity index (χ2v) is 7.71. The van der Waals surface area contributed by atoms with E-state index in [4.69, 9.17) is 11.6 Å². The molecule has 0 saturated heterocycles. The van der Waals surface area contributed by atoms with E-state index in [0.29, 0.717) is 0 Å². The third kappa shape index (κ3) is 4.37. The molecule has 0 aromatic heterocycles. The molecule has 2 rings (SSSR count). The van der Waals surface area contributed by atoms with Gasteiger partial charge in [0, 0.05) is 17.1 Å². The predicted molar refractivity (Wildman–Crippen MR) is 80.2 cm³/mol. The van der Waals surface area contributed by atoms with Crippen LogP contribution in [0.25, 0.3) is 0 Å². The Labute approximate surface area is 141 Å². The Bertz CT molecular complexity index is 739. The van der Waals surface area contributed by atoms with Crippen LogP contribution in [-0.2, 0) is 10.0 Å². The first-order valence-corrected chi connectivity index (χ1v) is 8.90. The van der Waals surface area contributed by atoms with Gasteiger partial charge in [0.25, 0.3) is 5.69 Å². The second-order valence-electron chi connectivity index (χ2n) is 5.59.